The van der Waals surface area contributed by atoms with Crippen LogP contribution in [-0.2, 0) is 14.3 Å². The summed E-state index contributed by atoms with van der Waals surface area (Å²) in [5, 5.41) is 0. The summed E-state index contributed by atoms with van der Waals surface area (Å²) in [6.45, 7) is 0.0581. The predicted molar refractivity (Wildman–Crippen MR) is 82.6 cm³/mol. The molecule has 0 heterocycles. The molecule has 0 aliphatic rings. The van der Waals surface area contributed by atoms with Gasteiger partial charge in [0, 0.05) is 11.1 Å². The Balaban J connectivity index is 1.92. The van der Waals surface area contributed by atoms with Gasteiger partial charge in [0.05, 0.1) is 6.26 Å². The van der Waals surface area contributed by atoms with Crippen LogP contribution < -0.4 is 4.74 Å². The second kappa shape index (κ2) is 7.20. The lowest BCUT2D eigenvalue weighted by molar-refractivity contribution is 0.103. The molecule has 2 rings (SSSR count). The Bertz CT molecular complexity index is 721. The fourth-order valence-electron chi connectivity index (χ4n) is 1.80. The molecule has 5 nitrogen and oxygen atoms in total. The van der Waals surface area contributed by atoms with Crippen molar-refractivity contribution in [3.8, 4) is 5.75 Å². The highest BCUT2D eigenvalue weighted by Gasteiger charge is 2.08. The summed E-state index contributed by atoms with van der Waals surface area (Å²) in [4.78, 5) is 12.2. The maximum absolute atomic E-state index is 12.2. The zero-order valence-corrected chi connectivity index (χ0v) is 12.9. The van der Waals surface area contributed by atoms with Gasteiger partial charge in [-0.15, -0.1) is 0 Å². The molecule has 2 aromatic rings. The third kappa shape index (κ3) is 4.98. The van der Waals surface area contributed by atoms with E-state index >= 15 is 0 Å². The Morgan fingerprint density at radius 2 is 1.50 bits per heavy atom. The Kier molecular flexibility index (Phi) is 5.30. The smallest absolute Gasteiger partial charge is 0.264 e. The quantitative estimate of drug-likeness (QED) is 0.445. The molecule has 0 atom stereocenters. The van der Waals surface area contributed by atoms with E-state index in [9.17, 15) is 13.2 Å². The van der Waals surface area contributed by atoms with Gasteiger partial charge in [0.2, 0.25) is 0 Å². The zero-order valence-electron chi connectivity index (χ0n) is 12.1. The number of hydrogen-bond acceptors (Lipinski definition) is 5. The van der Waals surface area contributed by atoms with E-state index < -0.39 is 10.1 Å². The molecule has 0 bridgehead atoms. The fraction of sp³-hybridized carbons (Fsp3) is 0.188. The second-order valence-corrected chi connectivity index (χ2v) is 6.24. The number of rotatable bonds is 7. The number of carbonyl (C=O) groups is 1. The van der Waals surface area contributed by atoms with Gasteiger partial charge in [0.25, 0.3) is 10.1 Å². The third-order valence-corrected chi connectivity index (χ3v) is 3.40. The van der Waals surface area contributed by atoms with E-state index in [-0.39, 0.29) is 19.0 Å². The van der Waals surface area contributed by atoms with Crippen LogP contribution in [0.4, 0.5) is 0 Å². The topological polar surface area (TPSA) is 69.7 Å². The minimum absolute atomic E-state index is 0.0521. The lowest BCUT2D eigenvalue weighted by Gasteiger charge is -2.07. The van der Waals surface area contributed by atoms with Crippen molar-refractivity contribution in [1.82, 2.24) is 0 Å². The highest BCUT2D eigenvalue weighted by Crippen LogP contribution is 2.15. The maximum Gasteiger partial charge on any atom is 0.264 e. The lowest BCUT2D eigenvalue weighted by Crippen LogP contribution is -2.11. The molecule has 0 saturated carbocycles. The molecule has 0 unspecified atom stereocenters. The number of ether oxygens (including phenoxy) is 1. The van der Waals surface area contributed by atoms with Crippen LogP contribution in [0.3, 0.4) is 0 Å². The van der Waals surface area contributed by atoms with Crippen LogP contribution in [0, 0.1) is 0 Å². The molecule has 0 amide bonds. The molecule has 0 fully saturated rings. The summed E-state index contributed by atoms with van der Waals surface area (Å²) >= 11 is 0. The Labute approximate surface area is 129 Å². The molecular formula is C16H16O5S. The second-order valence-electron chi connectivity index (χ2n) is 4.59. The van der Waals surface area contributed by atoms with Gasteiger partial charge < -0.3 is 4.74 Å². The van der Waals surface area contributed by atoms with E-state index in [0.717, 1.165) is 6.26 Å². The van der Waals surface area contributed by atoms with Crippen molar-refractivity contribution in [1.29, 1.82) is 0 Å². The highest BCUT2D eigenvalue weighted by atomic mass is 32.2. The number of carbonyl (C=O) groups excluding carboxylic acids is 1. The Morgan fingerprint density at radius 1 is 0.909 bits per heavy atom. The summed E-state index contributed by atoms with van der Waals surface area (Å²) in [6.07, 6.45) is 0.983. The van der Waals surface area contributed by atoms with Crippen molar-refractivity contribution in [3.05, 3.63) is 65.7 Å². The van der Waals surface area contributed by atoms with Crippen LogP contribution in [0.15, 0.2) is 54.6 Å². The molecule has 0 aliphatic carbocycles. The van der Waals surface area contributed by atoms with Gasteiger partial charge in [-0.2, -0.15) is 8.42 Å². The van der Waals surface area contributed by atoms with Gasteiger partial charge >= 0.3 is 0 Å². The number of hydrogen-bond donors (Lipinski definition) is 0. The molecular weight excluding hydrogens is 304 g/mol. The van der Waals surface area contributed by atoms with E-state index in [1.54, 1.807) is 36.4 Å². The standard InChI is InChI=1S/C16H16O5S/c1-22(18,19)21-12-11-20-15-9-7-14(8-10-15)16(17)13-5-3-2-4-6-13/h2-10H,11-12H2,1H3. The highest BCUT2D eigenvalue weighted by molar-refractivity contribution is 7.85. The summed E-state index contributed by atoms with van der Waals surface area (Å²) < 4.78 is 31.5. The van der Waals surface area contributed by atoms with Gasteiger partial charge in [0.15, 0.2) is 5.78 Å². The molecule has 22 heavy (non-hydrogen) atoms. The van der Waals surface area contributed by atoms with Gasteiger partial charge in [-0.3, -0.25) is 8.98 Å². The first kappa shape index (κ1) is 16.2. The SMILES string of the molecule is CS(=O)(=O)OCCOc1ccc(C(=O)c2ccccc2)cc1. The summed E-state index contributed by atoms with van der Waals surface area (Å²) in [7, 11) is -3.45. The van der Waals surface area contributed by atoms with E-state index in [0.29, 0.717) is 16.9 Å². The van der Waals surface area contributed by atoms with Crippen LogP contribution in [0.2, 0.25) is 0 Å². The molecule has 0 radical (unpaired) electrons. The van der Waals surface area contributed by atoms with Crippen molar-refractivity contribution in [3.63, 3.8) is 0 Å². The monoisotopic (exact) mass is 320 g/mol. The average molecular weight is 320 g/mol. The molecule has 0 aromatic heterocycles. The molecule has 2 aromatic carbocycles. The van der Waals surface area contributed by atoms with Crippen LogP contribution >= 0.6 is 0 Å². The first-order valence-corrected chi connectivity index (χ1v) is 8.44. The summed E-state index contributed by atoms with van der Waals surface area (Å²) in [6, 6.07) is 15.7. The first-order valence-electron chi connectivity index (χ1n) is 6.63. The average Bonchev–Trinajstić information content (AvgIpc) is 2.51. The number of benzene rings is 2. The van der Waals surface area contributed by atoms with E-state index in [2.05, 4.69) is 4.18 Å². The number of ketones is 1. The van der Waals surface area contributed by atoms with E-state index in [4.69, 9.17) is 4.74 Å². The van der Waals surface area contributed by atoms with Crippen LogP contribution in [0.1, 0.15) is 15.9 Å². The van der Waals surface area contributed by atoms with Crippen molar-refractivity contribution >= 4 is 15.9 Å². The largest absolute Gasteiger partial charge is 0.491 e. The predicted octanol–water partition coefficient (Wildman–Crippen LogP) is 2.27. The molecule has 0 spiro atoms. The van der Waals surface area contributed by atoms with Crippen LogP contribution in [0.5, 0.6) is 5.75 Å². The minimum atomic E-state index is -3.45. The van der Waals surface area contributed by atoms with Crippen molar-refractivity contribution in [2.45, 2.75) is 0 Å². The third-order valence-electron chi connectivity index (χ3n) is 2.80. The van der Waals surface area contributed by atoms with Gasteiger partial charge in [-0.05, 0) is 24.3 Å². The van der Waals surface area contributed by atoms with Crippen molar-refractivity contribution < 1.29 is 22.1 Å². The van der Waals surface area contributed by atoms with E-state index in [1.165, 1.54) is 0 Å². The molecule has 0 saturated heterocycles. The first-order chi connectivity index (χ1) is 10.5. The molecule has 116 valence electrons. The molecule has 6 heteroatoms. The molecule has 0 aliphatic heterocycles. The van der Waals surface area contributed by atoms with Gasteiger partial charge in [-0.25, -0.2) is 0 Å². The van der Waals surface area contributed by atoms with Crippen LogP contribution in [0.25, 0.3) is 0 Å². The zero-order chi connectivity index (χ0) is 16.0. The Hall–Kier alpha value is -2.18. The van der Waals surface area contributed by atoms with Crippen molar-refractivity contribution in [2.75, 3.05) is 19.5 Å². The van der Waals surface area contributed by atoms with Gasteiger partial charge in [0.1, 0.15) is 19.0 Å². The fourth-order valence-corrected chi connectivity index (χ4v) is 2.17. The van der Waals surface area contributed by atoms with Gasteiger partial charge in [-0.1, -0.05) is 30.3 Å². The summed E-state index contributed by atoms with van der Waals surface area (Å²) in [5.41, 5.74) is 1.18. The normalized spacial score (nSPS) is 11.1. The van der Waals surface area contributed by atoms with Crippen molar-refractivity contribution in [2.24, 2.45) is 0 Å². The van der Waals surface area contributed by atoms with E-state index in [1.807, 2.05) is 18.2 Å². The van der Waals surface area contributed by atoms with Crippen LogP contribution in [-0.4, -0.2) is 33.7 Å². The maximum atomic E-state index is 12.2. The molecule has 0 N–H and O–H groups in total. The minimum Gasteiger partial charge on any atom is -0.491 e. The summed E-state index contributed by atoms with van der Waals surface area (Å²) in [5.74, 6) is 0.481. The Morgan fingerprint density at radius 3 is 2.09 bits per heavy atom. The lowest BCUT2D eigenvalue weighted by atomic mass is 10.0.